The number of halogens is 1. The Morgan fingerprint density at radius 1 is 1.21 bits per heavy atom. The molecule has 2 rings (SSSR count). The number of nitrogens with one attached hydrogen (secondary N) is 2. The minimum Gasteiger partial charge on any atom is -0.497 e. The number of hydrogen-bond acceptors (Lipinski definition) is 3. The number of benzene rings is 1. The molecule has 2 amide bonds. The third kappa shape index (κ3) is 3.96. The molecule has 0 spiro atoms. The van der Waals surface area contributed by atoms with E-state index in [2.05, 4.69) is 31.5 Å². The molecule has 0 radical (unpaired) electrons. The van der Waals surface area contributed by atoms with Gasteiger partial charge in [0.25, 0.3) is 0 Å². The number of ether oxygens (including phenoxy) is 1. The van der Waals surface area contributed by atoms with E-state index in [1.165, 1.54) is 0 Å². The van der Waals surface area contributed by atoms with Gasteiger partial charge in [0, 0.05) is 11.8 Å². The van der Waals surface area contributed by atoms with Gasteiger partial charge in [0.1, 0.15) is 10.4 Å². The van der Waals surface area contributed by atoms with E-state index >= 15 is 0 Å². The molecule has 0 aliphatic rings. The fraction of sp³-hybridized carbons (Fsp3) is 0.0769. The van der Waals surface area contributed by atoms with E-state index in [0.717, 1.165) is 0 Å². The topological polar surface area (TPSA) is 63.2 Å². The molecule has 0 bridgehead atoms. The van der Waals surface area contributed by atoms with Crippen LogP contribution in [0.2, 0.25) is 0 Å². The van der Waals surface area contributed by atoms with Crippen molar-refractivity contribution in [1.29, 1.82) is 0 Å². The molecule has 2 aromatic rings. The van der Waals surface area contributed by atoms with Crippen molar-refractivity contribution < 1.29 is 9.53 Å². The summed E-state index contributed by atoms with van der Waals surface area (Å²) in [5.74, 6) is 0.683. The summed E-state index contributed by atoms with van der Waals surface area (Å²) in [6.07, 6.45) is 1.56. The van der Waals surface area contributed by atoms with Crippen molar-refractivity contribution in [2.24, 2.45) is 0 Å². The number of aromatic nitrogens is 1. The predicted octanol–water partition coefficient (Wildman–Crippen LogP) is 3.50. The van der Waals surface area contributed by atoms with Gasteiger partial charge in [0.2, 0.25) is 0 Å². The van der Waals surface area contributed by atoms with Gasteiger partial charge >= 0.3 is 6.03 Å². The molecule has 5 nitrogen and oxygen atoms in total. The SMILES string of the molecule is COc1cccc(NC(=O)Nc2ccc(Br)nc2)c1. The van der Waals surface area contributed by atoms with Gasteiger partial charge in [-0.25, -0.2) is 9.78 Å². The molecule has 6 heteroatoms. The molecule has 0 saturated heterocycles. The monoisotopic (exact) mass is 321 g/mol. The number of nitrogens with zero attached hydrogens (tertiary/aromatic N) is 1. The number of anilines is 2. The van der Waals surface area contributed by atoms with Gasteiger partial charge in [-0.2, -0.15) is 0 Å². The molecule has 2 N–H and O–H groups in total. The number of pyridine rings is 1. The maximum Gasteiger partial charge on any atom is 0.323 e. The van der Waals surface area contributed by atoms with Crippen molar-refractivity contribution in [3.05, 3.63) is 47.2 Å². The summed E-state index contributed by atoms with van der Waals surface area (Å²) in [6.45, 7) is 0. The first-order chi connectivity index (χ1) is 9.17. The maximum atomic E-state index is 11.8. The molecule has 19 heavy (non-hydrogen) atoms. The lowest BCUT2D eigenvalue weighted by molar-refractivity contribution is 0.262. The second-order valence-corrected chi connectivity index (χ2v) is 4.49. The Morgan fingerprint density at radius 3 is 2.68 bits per heavy atom. The summed E-state index contributed by atoms with van der Waals surface area (Å²) in [7, 11) is 1.58. The van der Waals surface area contributed by atoms with E-state index in [-0.39, 0.29) is 6.03 Å². The molecular weight excluding hydrogens is 310 g/mol. The molecule has 1 aromatic carbocycles. The second kappa shape index (κ2) is 6.19. The lowest BCUT2D eigenvalue weighted by Crippen LogP contribution is -2.19. The van der Waals surface area contributed by atoms with Crippen LogP contribution in [-0.4, -0.2) is 18.1 Å². The van der Waals surface area contributed by atoms with E-state index < -0.39 is 0 Å². The van der Waals surface area contributed by atoms with Crippen LogP contribution >= 0.6 is 15.9 Å². The van der Waals surface area contributed by atoms with E-state index in [4.69, 9.17) is 4.74 Å². The van der Waals surface area contributed by atoms with Crippen LogP contribution < -0.4 is 15.4 Å². The summed E-state index contributed by atoms with van der Waals surface area (Å²) in [6, 6.07) is 10.3. The highest BCUT2D eigenvalue weighted by molar-refractivity contribution is 9.10. The lowest BCUT2D eigenvalue weighted by atomic mass is 10.3. The zero-order valence-electron chi connectivity index (χ0n) is 10.2. The lowest BCUT2D eigenvalue weighted by Gasteiger charge is -2.08. The van der Waals surface area contributed by atoms with E-state index in [1.54, 1.807) is 43.6 Å². The van der Waals surface area contributed by atoms with E-state index in [0.29, 0.717) is 21.7 Å². The van der Waals surface area contributed by atoms with Crippen molar-refractivity contribution in [3.63, 3.8) is 0 Å². The summed E-state index contributed by atoms with van der Waals surface area (Å²) in [4.78, 5) is 15.8. The quantitative estimate of drug-likeness (QED) is 0.850. The number of urea groups is 1. The van der Waals surface area contributed by atoms with Gasteiger partial charge in [0.05, 0.1) is 19.0 Å². The Hall–Kier alpha value is -2.08. The highest BCUT2D eigenvalue weighted by atomic mass is 79.9. The first-order valence-corrected chi connectivity index (χ1v) is 6.30. The highest BCUT2D eigenvalue weighted by Gasteiger charge is 2.03. The van der Waals surface area contributed by atoms with E-state index in [9.17, 15) is 4.79 Å². The number of hydrogen-bond donors (Lipinski definition) is 2. The van der Waals surface area contributed by atoms with Crippen LogP contribution in [0.25, 0.3) is 0 Å². The molecule has 0 aliphatic heterocycles. The molecule has 1 aromatic heterocycles. The van der Waals surface area contributed by atoms with Crippen LogP contribution in [0.4, 0.5) is 16.2 Å². The van der Waals surface area contributed by atoms with Crippen molar-refractivity contribution in [1.82, 2.24) is 4.98 Å². The van der Waals surface area contributed by atoms with Crippen LogP contribution in [0.15, 0.2) is 47.2 Å². The Morgan fingerprint density at radius 2 is 2.00 bits per heavy atom. The minimum absolute atomic E-state index is 0.336. The summed E-state index contributed by atoms with van der Waals surface area (Å²) in [5, 5.41) is 5.39. The first kappa shape index (κ1) is 13.4. The molecule has 0 aliphatic carbocycles. The third-order valence-electron chi connectivity index (χ3n) is 2.31. The molecular formula is C13H12BrN3O2. The van der Waals surface area contributed by atoms with Gasteiger partial charge in [0.15, 0.2) is 0 Å². The first-order valence-electron chi connectivity index (χ1n) is 5.51. The number of methoxy groups -OCH3 is 1. The minimum atomic E-state index is -0.336. The zero-order chi connectivity index (χ0) is 13.7. The van der Waals surface area contributed by atoms with Crippen LogP contribution in [-0.2, 0) is 0 Å². The zero-order valence-corrected chi connectivity index (χ0v) is 11.8. The fourth-order valence-electron chi connectivity index (χ4n) is 1.44. The summed E-state index contributed by atoms with van der Waals surface area (Å²) >= 11 is 3.23. The van der Waals surface area contributed by atoms with Gasteiger partial charge in [-0.15, -0.1) is 0 Å². The Balaban J connectivity index is 1.99. The van der Waals surface area contributed by atoms with Crippen LogP contribution in [0.1, 0.15) is 0 Å². The third-order valence-corrected chi connectivity index (χ3v) is 2.78. The summed E-state index contributed by atoms with van der Waals surface area (Å²) in [5.41, 5.74) is 1.27. The van der Waals surface area contributed by atoms with Crippen LogP contribution in [0.5, 0.6) is 5.75 Å². The van der Waals surface area contributed by atoms with Gasteiger partial charge in [-0.05, 0) is 40.2 Å². The van der Waals surface area contributed by atoms with Gasteiger partial charge < -0.3 is 15.4 Å². The fourth-order valence-corrected chi connectivity index (χ4v) is 1.68. The molecule has 1 heterocycles. The van der Waals surface area contributed by atoms with Gasteiger partial charge in [-0.3, -0.25) is 0 Å². The molecule has 0 fully saturated rings. The number of carbonyl (C=O) groups excluding carboxylic acids is 1. The van der Waals surface area contributed by atoms with Crippen molar-refractivity contribution in [3.8, 4) is 5.75 Å². The normalized spacial score (nSPS) is 9.79. The Kier molecular flexibility index (Phi) is 4.35. The average Bonchev–Trinajstić information content (AvgIpc) is 2.41. The van der Waals surface area contributed by atoms with Crippen molar-refractivity contribution in [2.75, 3.05) is 17.7 Å². The molecule has 98 valence electrons. The van der Waals surface area contributed by atoms with Crippen molar-refractivity contribution in [2.45, 2.75) is 0 Å². The Bertz CT molecular complexity index is 572. The molecule has 0 saturated carbocycles. The van der Waals surface area contributed by atoms with Crippen LogP contribution in [0, 0.1) is 0 Å². The smallest absolute Gasteiger partial charge is 0.323 e. The largest absolute Gasteiger partial charge is 0.497 e. The standard InChI is InChI=1S/C13H12BrN3O2/c1-19-11-4-2-3-9(7-11)16-13(18)17-10-5-6-12(14)15-8-10/h2-8H,1H3,(H2,16,17,18). The maximum absolute atomic E-state index is 11.8. The van der Waals surface area contributed by atoms with Crippen molar-refractivity contribution >= 4 is 33.3 Å². The van der Waals surface area contributed by atoms with E-state index in [1.807, 2.05) is 6.07 Å². The molecule has 0 atom stereocenters. The number of carbonyl (C=O) groups is 1. The van der Waals surface area contributed by atoms with Crippen LogP contribution in [0.3, 0.4) is 0 Å². The van der Waals surface area contributed by atoms with Gasteiger partial charge in [-0.1, -0.05) is 6.07 Å². The highest BCUT2D eigenvalue weighted by Crippen LogP contribution is 2.17. The molecule has 0 unspecified atom stereocenters. The summed E-state index contributed by atoms with van der Waals surface area (Å²) < 4.78 is 5.80. The average molecular weight is 322 g/mol. The number of rotatable bonds is 3. The predicted molar refractivity (Wildman–Crippen MR) is 77.6 cm³/mol. The second-order valence-electron chi connectivity index (χ2n) is 3.68. The Labute approximate surface area is 119 Å². The number of amides is 2.